The van der Waals surface area contributed by atoms with E-state index in [1.54, 1.807) is 17.0 Å². The Morgan fingerprint density at radius 2 is 1.90 bits per heavy atom. The number of carbonyl (C=O) groups excluding carboxylic acids is 2. The van der Waals surface area contributed by atoms with Gasteiger partial charge >= 0.3 is 0 Å². The standard InChI is InChI=1S/C24H28N2O4/c1-17-7-9-19(25-24(28)12-8-18-5-3-2-4-6-18)13-21(17)26(15-27)20-10-11-22-23(14-20)30-16-29-22/h7,9-11,13-15,18H,2-6,8,12,16H2,1H3,(H,25,28). The number of hydrogen-bond acceptors (Lipinski definition) is 4. The third kappa shape index (κ3) is 4.58. The van der Waals surface area contributed by atoms with Crippen LogP contribution in [-0.4, -0.2) is 19.1 Å². The molecule has 30 heavy (non-hydrogen) atoms. The maximum absolute atomic E-state index is 12.5. The smallest absolute Gasteiger partial charge is 0.231 e. The van der Waals surface area contributed by atoms with Crippen LogP contribution in [0.15, 0.2) is 36.4 Å². The maximum Gasteiger partial charge on any atom is 0.231 e. The fourth-order valence-electron chi connectivity index (χ4n) is 4.27. The molecule has 6 heteroatoms. The van der Waals surface area contributed by atoms with Crippen LogP contribution in [0.4, 0.5) is 17.1 Å². The first-order valence-corrected chi connectivity index (χ1v) is 10.7. The van der Waals surface area contributed by atoms with Crippen molar-refractivity contribution >= 4 is 29.4 Å². The minimum atomic E-state index is 0.0242. The second kappa shape index (κ2) is 9.20. The molecule has 2 aliphatic rings. The van der Waals surface area contributed by atoms with Crippen molar-refractivity contribution < 1.29 is 19.1 Å². The highest BCUT2D eigenvalue weighted by atomic mass is 16.7. The fraction of sp³-hybridized carbons (Fsp3) is 0.417. The van der Waals surface area contributed by atoms with E-state index in [-0.39, 0.29) is 12.7 Å². The molecule has 2 amide bonds. The lowest BCUT2D eigenvalue weighted by Crippen LogP contribution is -2.17. The van der Waals surface area contributed by atoms with Crippen molar-refractivity contribution in [2.75, 3.05) is 17.0 Å². The summed E-state index contributed by atoms with van der Waals surface area (Å²) in [5.41, 5.74) is 3.02. The quantitative estimate of drug-likeness (QED) is 0.630. The highest BCUT2D eigenvalue weighted by molar-refractivity contribution is 5.94. The topological polar surface area (TPSA) is 67.9 Å². The zero-order chi connectivity index (χ0) is 20.9. The molecule has 1 heterocycles. The second-order valence-electron chi connectivity index (χ2n) is 8.11. The number of aryl methyl sites for hydroxylation is 1. The van der Waals surface area contributed by atoms with Gasteiger partial charge in [-0.3, -0.25) is 14.5 Å². The normalized spacial score (nSPS) is 15.6. The maximum atomic E-state index is 12.5. The molecule has 0 bridgehead atoms. The van der Waals surface area contributed by atoms with Crippen LogP contribution < -0.4 is 19.7 Å². The lowest BCUT2D eigenvalue weighted by molar-refractivity contribution is -0.116. The van der Waals surface area contributed by atoms with Gasteiger partial charge in [-0.25, -0.2) is 0 Å². The number of hydrogen-bond donors (Lipinski definition) is 1. The molecule has 1 fully saturated rings. The summed E-state index contributed by atoms with van der Waals surface area (Å²) in [5.74, 6) is 1.98. The van der Waals surface area contributed by atoms with E-state index in [1.165, 1.54) is 32.1 Å². The lowest BCUT2D eigenvalue weighted by atomic mass is 9.86. The summed E-state index contributed by atoms with van der Waals surface area (Å²) in [6.07, 6.45) is 8.64. The number of amides is 2. The van der Waals surface area contributed by atoms with E-state index in [1.807, 2.05) is 31.2 Å². The van der Waals surface area contributed by atoms with Crippen molar-refractivity contribution in [1.29, 1.82) is 0 Å². The van der Waals surface area contributed by atoms with E-state index in [9.17, 15) is 9.59 Å². The molecule has 2 aromatic carbocycles. The summed E-state index contributed by atoms with van der Waals surface area (Å²) >= 11 is 0. The number of rotatable bonds is 7. The second-order valence-corrected chi connectivity index (χ2v) is 8.11. The first-order valence-electron chi connectivity index (χ1n) is 10.7. The molecular formula is C24H28N2O4. The molecule has 6 nitrogen and oxygen atoms in total. The Labute approximate surface area is 177 Å². The van der Waals surface area contributed by atoms with Gasteiger partial charge in [0, 0.05) is 18.2 Å². The van der Waals surface area contributed by atoms with Gasteiger partial charge in [-0.05, 0) is 49.1 Å². The van der Waals surface area contributed by atoms with Crippen molar-refractivity contribution in [3.05, 3.63) is 42.0 Å². The average Bonchev–Trinajstić information content (AvgIpc) is 3.24. The number of nitrogens with one attached hydrogen (secondary N) is 1. The van der Waals surface area contributed by atoms with Gasteiger partial charge in [0.1, 0.15) is 0 Å². The molecule has 4 rings (SSSR count). The van der Waals surface area contributed by atoms with E-state index in [0.29, 0.717) is 40.9 Å². The monoisotopic (exact) mass is 408 g/mol. The number of fused-ring (bicyclic) bond motifs is 1. The van der Waals surface area contributed by atoms with Crippen molar-refractivity contribution in [2.45, 2.75) is 51.9 Å². The first-order chi connectivity index (χ1) is 14.6. The molecule has 0 radical (unpaired) electrons. The van der Waals surface area contributed by atoms with Gasteiger partial charge in [-0.1, -0.05) is 38.2 Å². The van der Waals surface area contributed by atoms with Gasteiger partial charge in [0.15, 0.2) is 11.5 Å². The Morgan fingerprint density at radius 3 is 2.70 bits per heavy atom. The van der Waals surface area contributed by atoms with E-state index in [4.69, 9.17) is 9.47 Å². The molecule has 0 atom stereocenters. The molecule has 1 N–H and O–H groups in total. The molecule has 0 aromatic heterocycles. The Morgan fingerprint density at radius 1 is 1.10 bits per heavy atom. The van der Waals surface area contributed by atoms with Gasteiger partial charge < -0.3 is 14.8 Å². The molecule has 158 valence electrons. The first kappa shape index (κ1) is 20.3. The number of ether oxygens (including phenoxy) is 2. The van der Waals surface area contributed by atoms with E-state index >= 15 is 0 Å². The van der Waals surface area contributed by atoms with Crippen LogP contribution in [0.3, 0.4) is 0 Å². The van der Waals surface area contributed by atoms with Crippen molar-refractivity contribution in [3.63, 3.8) is 0 Å². The Hall–Kier alpha value is -3.02. The Bertz CT molecular complexity index is 921. The Kier molecular flexibility index (Phi) is 6.21. The summed E-state index contributed by atoms with van der Waals surface area (Å²) < 4.78 is 10.8. The minimum Gasteiger partial charge on any atom is -0.454 e. The van der Waals surface area contributed by atoms with Gasteiger partial charge in [0.25, 0.3) is 0 Å². The number of nitrogens with zero attached hydrogens (tertiary/aromatic N) is 1. The van der Waals surface area contributed by atoms with Crippen molar-refractivity contribution in [3.8, 4) is 11.5 Å². The van der Waals surface area contributed by atoms with E-state index < -0.39 is 0 Å². The highest BCUT2D eigenvalue weighted by Gasteiger charge is 2.19. The van der Waals surface area contributed by atoms with Crippen molar-refractivity contribution in [2.24, 2.45) is 5.92 Å². The summed E-state index contributed by atoms with van der Waals surface area (Å²) in [6, 6.07) is 11.0. The molecule has 1 aliphatic heterocycles. The number of anilines is 3. The SMILES string of the molecule is Cc1ccc(NC(=O)CCC2CCCCC2)cc1N(C=O)c1ccc2c(c1)OCO2. The molecule has 1 saturated carbocycles. The third-order valence-corrected chi connectivity index (χ3v) is 6.00. The summed E-state index contributed by atoms with van der Waals surface area (Å²) in [6.45, 7) is 2.12. The third-order valence-electron chi connectivity index (χ3n) is 6.00. The van der Waals surface area contributed by atoms with Crippen LogP contribution in [0, 0.1) is 12.8 Å². The van der Waals surface area contributed by atoms with Crippen LogP contribution in [-0.2, 0) is 9.59 Å². The predicted octanol–water partition coefficient (Wildman–Crippen LogP) is 5.32. The van der Waals surface area contributed by atoms with Gasteiger partial charge in [0.05, 0.1) is 11.4 Å². The summed E-state index contributed by atoms with van der Waals surface area (Å²) in [7, 11) is 0. The van der Waals surface area contributed by atoms with Crippen LogP contribution in [0.5, 0.6) is 11.5 Å². The number of carbonyl (C=O) groups is 2. The fourth-order valence-corrected chi connectivity index (χ4v) is 4.27. The lowest BCUT2D eigenvalue weighted by Gasteiger charge is -2.22. The van der Waals surface area contributed by atoms with Gasteiger partial charge in [-0.15, -0.1) is 0 Å². The largest absolute Gasteiger partial charge is 0.454 e. The van der Waals surface area contributed by atoms with Crippen LogP contribution in [0.2, 0.25) is 0 Å². The van der Waals surface area contributed by atoms with E-state index in [2.05, 4.69) is 5.32 Å². The van der Waals surface area contributed by atoms with Crippen LogP contribution in [0.25, 0.3) is 0 Å². The average molecular weight is 408 g/mol. The van der Waals surface area contributed by atoms with Gasteiger partial charge in [0.2, 0.25) is 19.1 Å². The van der Waals surface area contributed by atoms with Crippen LogP contribution in [0.1, 0.15) is 50.5 Å². The Balaban J connectivity index is 1.46. The molecule has 0 spiro atoms. The number of benzene rings is 2. The summed E-state index contributed by atoms with van der Waals surface area (Å²) in [5, 5.41) is 2.99. The molecule has 0 unspecified atom stereocenters. The van der Waals surface area contributed by atoms with E-state index in [0.717, 1.165) is 18.4 Å². The van der Waals surface area contributed by atoms with Gasteiger partial charge in [-0.2, -0.15) is 0 Å². The molecule has 2 aromatic rings. The molecule has 1 aliphatic carbocycles. The molecule has 0 saturated heterocycles. The zero-order valence-corrected chi connectivity index (χ0v) is 17.4. The zero-order valence-electron chi connectivity index (χ0n) is 17.4. The molecular weight excluding hydrogens is 380 g/mol. The minimum absolute atomic E-state index is 0.0242. The summed E-state index contributed by atoms with van der Waals surface area (Å²) in [4.78, 5) is 26.0. The highest BCUT2D eigenvalue weighted by Crippen LogP contribution is 2.38. The predicted molar refractivity (Wildman–Crippen MR) is 116 cm³/mol. The van der Waals surface area contributed by atoms with Crippen LogP contribution >= 0.6 is 0 Å². The van der Waals surface area contributed by atoms with Crippen molar-refractivity contribution in [1.82, 2.24) is 0 Å².